The van der Waals surface area contributed by atoms with Crippen LogP contribution in [0.3, 0.4) is 0 Å². The number of ether oxygens (including phenoxy) is 2. The molecule has 9 heteroatoms. The maximum atomic E-state index is 13.0. The van der Waals surface area contributed by atoms with Crippen LogP contribution in [-0.2, 0) is 4.79 Å². The summed E-state index contributed by atoms with van der Waals surface area (Å²) in [5.74, 6) is 0.393. The Morgan fingerprint density at radius 2 is 1.72 bits per heavy atom. The first-order valence-corrected chi connectivity index (χ1v) is 10.2. The van der Waals surface area contributed by atoms with Crippen molar-refractivity contribution in [3.63, 3.8) is 0 Å². The Labute approximate surface area is 182 Å². The molecule has 2 aliphatic rings. The summed E-state index contributed by atoms with van der Waals surface area (Å²) in [6.07, 6.45) is 1.24. The number of carbonyl (C=O) groups excluding carboxylic acids is 2. The highest BCUT2D eigenvalue weighted by atomic mass is 35.5. The van der Waals surface area contributed by atoms with E-state index < -0.39 is 6.04 Å². The highest BCUT2D eigenvalue weighted by molar-refractivity contribution is 6.36. The van der Waals surface area contributed by atoms with E-state index in [4.69, 9.17) is 44.3 Å². The van der Waals surface area contributed by atoms with E-state index >= 15 is 0 Å². The highest BCUT2D eigenvalue weighted by Crippen LogP contribution is 2.38. The summed E-state index contributed by atoms with van der Waals surface area (Å²) < 4.78 is 11.0. The Bertz CT molecular complexity index is 982. The fourth-order valence-corrected chi connectivity index (χ4v) is 4.05. The van der Waals surface area contributed by atoms with Gasteiger partial charge in [0.05, 0.1) is 21.3 Å². The molecule has 2 aromatic carbocycles. The fraction of sp³-hybridized carbons (Fsp3) is 0.300. The Hall–Kier alpha value is -2.15. The van der Waals surface area contributed by atoms with E-state index in [1.54, 1.807) is 24.3 Å². The number of amides is 2. The van der Waals surface area contributed by atoms with Gasteiger partial charge >= 0.3 is 0 Å². The predicted octanol–water partition coefficient (Wildman–Crippen LogP) is 4.66. The van der Waals surface area contributed by atoms with E-state index in [2.05, 4.69) is 5.32 Å². The van der Waals surface area contributed by atoms with Crippen LogP contribution in [-0.4, -0.2) is 42.5 Å². The average Bonchev–Trinajstić information content (AvgIpc) is 3.20. The van der Waals surface area contributed by atoms with E-state index in [9.17, 15) is 9.59 Å². The number of nitrogens with zero attached hydrogens (tertiary/aromatic N) is 1. The van der Waals surface area contributed by atoms with Crippen molar-refractivity contribution >= 4 is 52.3 Å². The van der Waals surface area contributed by atoms with Gasteiger partial charge in [-0.1, -0.05) is 34.8 Å². The van der Waals surface area contributed by atoms with Crippen molar-refractivity contribution in [1.82, 2.24) is 4.90 Å². The highest BCUT2D eigenvalue weighted by Gasteiger charge is 2.35. The quantitative estimate of drug-likeness (QED) is 0.731. The molecule has 1 saturated heterocycles. The second-order valence-corrected chi connectivity index (χ2v) is 8.00. The van der Waals surface area contributed by atoms with Crippen LogP contribution in [0.4, 0.5) is 5.69 Å². The van der Waals surface area contributed by atoms with Crippen LogP contribution in [0, 0.1) is 0 Å². The van der Waals surface area contributed by atoms with E-state index in [1.807, 2.05) is 0 Å². The molecular formula is C20H17Cl3N2O4. The van der Waals surface area contributed by atoms with Crippen LogP contribution in [0.2, 0.25) is 15.1 Å². The van der Waals surface area contributed by atoms with Crippen LogP contribution >= 0.6 is 34.8 Å². The Morgan fingerprint density at radius 3 is 2.48 bits per heavy atom. The van der Waals surface area contributed by atoms with Gasteiger partial charge in [0, 0.05) is 23.7 Å². The molecule has 0 aliphatic carbocycles. The summed E-state index contributed by atoms with van der Waals surface area (Å²) in [6.45, 7) is 1.32. The lowest BCUT2D eigenvalue weighted by Crippen LogP contribution is -2.43. The van der Waals surface area contributed by atoms with Gasteiger partial charge in [-0.3, -0.25) is 9.59 Å². The normalized spacial score (nSPS) is 17.9. The van der Waals surface area contributed by atoms with Gasteiger partial charge < -0.3 is 19.7 Å². The molecule has 1 atom stereocenters. The maximum Gasteiger partial charge on any atom is 0.256 e. The number of anilines is 1. The van der Waals surface area contributed by atoms with Crippen LogP contribution < -0.4 is 14.8 Å². The molecule has 0 bridgehead atoms. The summed E-state index contributed by atoms with van der Waals surface area (Å²) in [5.41, 5.74) is 0.678. The molecule has 0 aromatic heterocycles. The number of nitrogens with one attached hydrogen (secondary N) is 1. The third kappa shape index (κ3) is 4.10. The minimum Gasteiger partial charge on any atom is -0.486 e. The molecular weight excluding hydrogens is 439 g/mol. The smallest absolute Gasteiger partial charge is 0.256 e. The molecule has 0 spiro atoms. The molecule has 0 saturated carbocycles. The molecule has 4 rings (SSSR count). The van der Waals surface area contributed by atoms with Crippen molar-refractivity contribution in [1.29, 1.82) is 0 Å². The number of hydrogen-bond donors (Lipinski definition) is 1. The number of carbonyl (C=O) groups is 2. The lowest BCUT2D eigenvalue weighted by molar-refractivity contribution is -0.119. The topological polar surface area (TPSA) is 67.9 Å². The van der Waals surface area contributed by atoms with Crippen molar-refractivity contribution in [3.8, 4) is 11.5 Å². The molecule has 152 valence electrons. The van der Waals surface area contributed by atoms with Crippen molar-refractivity contribution in [2.24, 2.45) is 0 Å². The molecule has 6 nitrogen and oxygen atoms in total. The fourth-order valence-electron chi connectivity index (χ4n) is 3.47. The standard InChI is InChI=1S/C20H17Cl3N2O4/c21-11-3-4-13(22)12(8-11)20(27)25-5-1-2-16(25)19(26)24-15-10-18-17(9-14(15)23)28-6-7-29-18/h3-4,8-10,16H,1-2,5-7H2,(H,24,26). The van der Waals surface area contributed by atoms with Crippen molar-refractivity contribution in [3.05, 3.63) is 51.0 Å². The minimum atomic E-state index is -0.637. The Balaban J connectivity index is 1.54. The van der Waals surface area contributed by atoms with E-state index in [-0.39, 0.29) is 17.4 Å². The van der Waals surface area contributed by atoms with Gasteiger partial charge in [-0.05, 0) is 31.0 Å². The predicted molar refractivity (Wildman–Crippen MR) is 112 cm³/mol. The average molecular weight is 456 g/mol. The van der Waals surface area contributed by atoms with Gasteiger partial charge in [0.2, 0.25) is 5.91 Å². The molecule has 0 radical (unpaired) electrons. The Kier molecular flexibility index (Phi) is 5.76. The molecule has 1 fully saturated rings. The summed E-state index contributed by atoms with van der Waals surface area (Å²) in [6, 6.07) is 7.29. The number of rotatable bonds is 3. The van der Waals surface area contributed by atoms with E-state index in [0.29, 0.717) is 64.9 Å². The zero-order chi connectivity index (χ0) is 20.5. The SMILES string of the molecule is O=C(Nc1cc2c(cc1Cl)OCCO2)C1CCCN1C(=O)c1cc(Cl)ccc1Cl. The minimum absolute atomic E-state index is 0.274. The van der Waals surface area contributed by atoms with Gasteiger partial charge in [0.25, 0.3) is 5.91 Å². The molecule has 1 unspecified atom stereocenters. The zero-order valence-corrected chi connectivity index (χ0v) is 17.5. The third-order valence-corrected chi connectivity index (χ3v) is 5.74. The van der Waals surface area contributed by atoms with E-state index in [0.717, 1.165) is 0 Å². The zero-order valence-electron chi connectivity index (χ0n) is 15.2. The first kappa shape index (κ1) is 20.1. The molecule has 29 heavy (non-hydrogen) atoms. The van der Waals surface area contributed by atoms with Crippen molar-refractivity contribution in [2.75, 3.05) is 25.1 Å². The largest absolute Gasteiger partial charge is 0.486 e. The maximum absolute atomic E-state index is 13.0. The summed E-state index contributed by atoms with van der Waals surface area (Å²) >= 11 is 18.5. The summed E-state index contributed by atoms with van der Waals surface area (Å²) in [7, 11) is 0. The summed E-state index contributed by atoms with van der Waals surface area (Å²) in [4.78, 5) is 27.4. The van der Waals surface area contributed by atoms with Gasteiger partial charge in [0.15, 0.2) is 11.5 Å². The van der Waals surface area contributed by atoms with Crippen LogP contribution in [0.5, 0.6) is 11.5 Å². The van der Waals surface area contributed by atoms with Crippen LogP contribution in [0.1, 0.15) is 23.2 Å². The first-order chi connectivity index (χ1) is 13.9. The third-order valence-electron chi connectivity index (χ3n) is 4.86. The summed E-state index contributed by atoms with van der Waals surface area (Å²) in [5, 5.41) is 3.83. The number of benzene rings is 2. The lowest BCUT2D eigenvalue weighted by Gasteiger charge is -2.25. The number of halogens is 3. The van der Waals surface area contributed by atoms with Gasteiger partial charge in [0.1, 0.15) is 19.3 Å². The van der Waals surface area contributed by atoms with E-state index in [1.165, 1.54) is 11.0 Å². The molecule has 1 N–H and O–H groups in total. The van der Waals surface area contributed by atoms with Crippen molar-refractivity contribution < 1.29 is 19.1 Å². The van der Waals surface area contributed by atoms with Gasteiger partial charge in [-0.15, -0.1) is 0 Å². The molecule has 2 aliphatic heterocycles. The Morgan fingerprint density at radius 1 is 1.00 bits per heavy atom. The van der Waals surface area contributed by atoms with Gasteiger partial charge in [-0.25, -0.2) is 0 Å². The second-order valence-electron chi connectivity index (χ2n) is 6.75. The van der Waals surface area contributed by atoms with Gasteiger partial charge in [-0.2, -0.15) is 0 Å². The number of fused-ring (bicyclic) bond motifs is 1. The van der Waals surface area contributed by atoms with Crippen LogP contribution in [0.25, 0.3) is 0 Å². The molecule has 2 amide bonds. The second kappa shape index (κ2) is 8.30. The first-order valence-electron chi connectivity index (χ1n) is 9.10. The molecule has 2 heterocycles. The van der Waals surface area contributed by atoms with Crippen LogP contribution in [0.15, 0.2) is 30.3 Å². The monoisotopic (exact) mass is 454 g/mol. The lowest BCUT2D eigenvalue weighted by atomic mass is 10.1. The number of hydrogen-bond acceptors (Lipinski definition) is 4. The number of likely N-dealkylation sites (tertiary alicyclic amines) is 1. The van der Waals surface area contributed by atoms with Crippen molar-refractivity contribution in [2.45, 2.75) is 18.9 Å². The molecule has 2 aromatic rings.